The van der Waals surface area contributed by atoms with Crippen molar-refractivity contribution < 1.29 is 4.79 Å². The number of carbonyl (C=O) groups excluding carboxylic acids is 1. The highest BCUT2D eigenvalue weighted by Gasteiger charge is 2.21. The fraction of sp³-hybridized carbons (Fsp3) is 0.320. The zero-order valence-electron chi connectivity index (χ0n) is 18.5. The van der Waals surface area contributed by atoms with Gasteiger partial charge in [0, 0.05) is 42.9 Å². The van der Waals surface area contributed by atoms with Gasteiger partial charge in [0.2, 0.25) is 0 Å². The molecule has 0 unspecified atom stereocenters. The van der Waals surface area contributed by atoms with E-state index in [4.69, 9.17) is 4.98 Å². The summed E-state index contributed by atoms with van der Waals surface area (Å²) in [7, 11) is 1.88. The molecule has 1 fully saturated rings. The Morgan fingerprint density at radius 1 is 1.16 bits per heavy atom. The number of aromatic nitrogens is 3. The lowest BCUT2D eigenvalue weighted by atomic mass is 10.1. The molecule has 4 heterocycles. The highest BCUT2D eigenvalue weighted by Crippen LogP contribution is 2.27. The van der Waals surface area contributed by atoms with E-state index in [1.807, 2.05) is 30.8 Å². The molecule has 4 aromatic rings. The van der Waals surface area contributed by atoms with Gasteiger partial charge in [0.15, 0.2) is 5.65 Å². The average Bonchev–Trinajstić information content (AvgIpc) is 3.56. The maximum atomic E-state index is 13.5. The monoisotopic (exact) mass is 445 g/mol. The first-order valence-corrected chi connectivity index (χ1v) is 11.9. The van der Waals surface area contributed by atoms with Crippen molar-refractivity contribution in [3.63, 3.8) is 0 Å². The molecule has 1 saturated heterocycles. The molecule has 1 amide bonds. The number of benzene rings is 1. The van der Waals surface area contributed by atoms with Crippen LogP contribution in [-0.2, 0) is 13.1 Å². The summed E-state index contributed by atoms with van der Waals surface area (Å²) in [5, 5.41) is 7.41. The number of amides is 1. The first-order chi connectivity index (χ1) is 15.6. The summed E-state index contributed by atoms with van der Waals surface area (Å²) in [4.78, 5) is 23.7. The largest absolute Gasteiger partial charge is 0.371 e. The highest BCUT2D eigenvalue weighted by molar-refractivity contribution is 7.09. The maximum Gasteiger partial charge on any atom is 0.254 e. The van der Waals surface area contributed by atoms with Gasteiger partial charge < -0.3 is 9.80 Å². The summed E-state index contributed by atoms with van der Waals surface area (Å²) >= 11 is 1.69. The van der Waals surface area contributed by atoms with Crippen molar-refractivity contribution in [3.8, 4) is 0 Å². The van der Waals surface area contributed by atoms with Crippen LogP contribution in [0, 0.1) is 6.92 Å². The van der Waals surface area contributed by atoms with E-state index >= 15 is 0 Å². The zero-order valence-corrected chi connectivity index (χ0v) is 19.3. The number of para-hydroxylation sites is 1. The van der Waals surface area contributed by atoms with Crippen molar-refractivity contribution in [3.05, 3.63) is 75.7 Å². The van der Waals surface area contributed by atoms with Crippen LogP contribution in [0.15, 0.2) is 54.0 Å². The summed E-state index contributed by atoms with van der Waals surface area (Å²) in [6.07, 6.45) is 4.23. The van der Waals surface area contributed by atoms with Gasteiger partial charge in [-0.1, -0.05) is 24.3 Å². The third-order valence-electron chi connectivity index (χ3n) is 6.05. The van der Waals surface area contributed by atoms with Crippen molar-refractivity contribution in [1.29, 1.82) is 0 Å². The number of fused-ring (bicyclic) bond motifs is 1. The Balaban J connectivity index is 1.43. The fourth-order valence-corrected chi connectivity index (χ4v) is 5.15. The van der Waals surface area contributed by atoms with Gasteiger partial charge in [-0.2, -0.15) is 5.10 Å². The molecule has 6 nitrogen and oxygen atoms in total. The van der Waals surface area contributed by atoms with Crippen molar-refractivity contribution in [2.75, 3.05) is 25.0 Å². The fourth-order valence-electron chi connectivity index (χ4n) is 4.46. The van der Waals surface area contributed by atoms with Gasteiger partial charge in [-0.05, 0) is 48.9 Å². The molecule has 32 heavy (non-hydrogen) atoms. The summed E-state index contributed by atoms with van der Waals surface area (Å²) in [6.45, 7) is 5.33. The van der Waals surface area contributed by atoms with Crippen molar-refractivity contribution >= 4 is 34.0 Å². The van der Waals surface area contributed by atoms with Gasteiger partial charge in [-0.25, -0.2) is 9.67 Å². The third-order valence-corrected chi connectivity index (χ3v) is 6.91. The van der Waals surface area contributed by atoms with E-state index < -0.39 is 0 Å². The second-order valence-electron chi connectivity index (χ2n) is 8.41. The minimum atomic E-state index is -0.00704. The summed E-state index contributed by atoms with van der Waals surface area (Å²) < 4.78 is 1.88. The molecule has 0 spiro atoms. The van der Waals surface area contributed by atoms with Crippen molar-refractivity contribution in [2.45, 2.75) is 32.9 Å². The molecule has 1 aromatic carbocycles. The highest BCUT2D eigenvalue weighted by atomic mass is 32.1. The van der Waals surface area contributed by atoms with Crippen LogP contribution in [0.5, 0.6) is 0 Å². The number of anilines is 1. The molecular weight excluding hydrogens is 418 g/mol. The van der Waals surface area contributed by atoms with Crippen LogP contribution in [0.3, 0.4) is 0 Å². The zero-order chi connectivity index (χ0) is 22.1. The van der Waals surface area contributed by atoms with E-state index in [-0.39, 0.29) is 5.91 Å². The molecule has 0 atom stereocenters. The quantitative estimate of drug-likeness (QED) is 0.431. The molecule has 1 aliphatic heterocycles. The molecule has 0 aliphatic carbocycles. The number of hydrogen-bond acceptors (Lipinski definition) is 5. The Bertz CT molecular complexity index is 1240. The number of hydrogen-bond donors (Lipinski definition) is 0. The summed E-state index contributed by atoms with van der Waals surface area (Å²) in [5.41, 5.74) is 4.66. The third kappa shape index (κ3) is 4.00. The topological polar surface area (TPSA) is 54.3 Å². The second-order valence-corrected chi connectivity index (χ2v) is 9.45. The molecule has 5 rings (SSSR count). The predicted molar refractivity (Wildman–Crippen MR) is 129 cm³/mol. The van der Waals surface area contributed by atoms with Crippen LogP contribution < -0.4 is 4.90 Å². The lowest BCUT2D eigenvalue weighted by Crippen LogP contribution is -2.28. The van der Waals surface area contributed by atoms with Crippen molar-refractivity contribution in [1.82, 2.24) is 19.7 Å². The lowest BCUT2D eigenvalue weighted by molar-refractivity contribution is 0.0787. The van der Waals surface area contributed by atoms with Crippen LogP contribution in [0.25, 0.3) is 11.0 Å². The van der Waals surface area contributed by atoms with E-state index in [2.05, 4.69) is 45.7 Å². The minimum Gasteiger partial charge on any atom is -0.371 e. The van der Waals surface area contributed by atoms with Gasteiger partial charge >= 0.3 is 0 Å². The van der Waals surface area contributed by atoms with E-state index in [9.17, 15) is 4.79 Å². The normalized spacial score (nSPS) is 13.8. The van der Waals surface area contributed by atoms with Gasteiger partial charge in [0.05, 0.1) is 23.7 Å². The average molecular weight is 446 g/mol. The predicted octanol–water partition coefficient (Wildman–Crippen LogP) is 4.72. The molecule has 0 N–H and O–H groups in total. The van der Waals surface area contributed by atoms with Gasteiger partial charge in [0.1, 0.15) is 0 Å². The Hall–Kier alpha value is -3.19. The number of pyridine rings is 1. The Kier molecular flexibility index (Phi) is 5.66. The molecule has 3 aromatic heterocycles. The van der Waals surface area contributed by atoms with E-state index in [1.54, 1.807) is 22.4 Å². The van der Waals surface area contributed by atoms with E-state index in [0.29, 0.717) is 18.7 Å². The van der Waals surface area contributed by atoms with Crippen LogP contribution in [-0.4, -0.2) is 45.7 Å². The molecule has 7 heteroatoms. The lowest BCUT2D eigenvalue weighted by Gasteiger charge is -2.24. The van der Waals surface area contributed by atoms with Gasteiger partial charge in [-0.3, -0.25) is 4.79 Å². The van der Waals surface area contributed by atoms with Crippen LogP contribution in [0.4, 0.5) is 5.69 Å². The molecule has 0 radical (unpaired) electrons. The molecular formula is C25H27N5OS. The SMILES string of the molecule is Cc1cc(C(=O)N(C)Cc2ccccc2N2CCCC2)c2cnn(Cc3cccs3)c2n1. The molecule has 0 bridgehead atoms. The van der Waals surface area contributed by atoms with Gasteiger partial charge in [-0.15, -0.1) is 11.3 Å². The Labute approximate surface area is 192 Å². The van der Waals surface area contributed by atoms with Crippen LogP contribution in [0.1, 0.15) is 39.3 Å². The molecule has 0 saturated carbocycles. The van der Waals surface area contributed by atoms with Gasteiger partial charge in [0.25, 0.3) is 5.91 Å². The number of aryl methyl sites for hydroxylation is 1. The summed E-state index contributed by atoms with van der Waals surface area (Å²) in [5.74, 6) is -0.00704. The smallest absolute Gasteiger partial charge is 0.254 e. The maximum absolute atomic E-state index is 13.5. The first-order valence-electron chi connectivity index (χ1n) is 11.0. The number of thiophene rings is 1. The number of carbonyl (C=O) groups is 1. The Morgan fingerprint density at radius 3 is 2.75 bits per heavy atom. The molecule has 164 valence electrons. The number of rotatable bonds is 6. The summed E-state index contributed by atoms with van der Waals surface area (Å²) in [6, 6.07) is 14.4. The standard InChI is InChI=1S/C25H27N5OS/c1-18-14-21(22-15-26-30(24(22)27-18)17-20-9-7-13-32-20)25(31)28(2)16-19-8-3-4-10-23(19)29-11-5-6-12-29/h3-4,7-10,13-15H,5-6,11-12,16-17H2,1-2H3. The Morgan fingerprint density at radius 2 is 1.97 bits per heavy atom. The second kappa shape index (κ2) is 8.74. The van der Waals surface area contributed by atoms with E-state index in [0.717, 1.165) is 29.8 Å². The first kappa shape index (κ1) is 20.7. The number of nitrogens with zero attached hydrogens (tertiary/aromatic N) is 5. The minimum absolute atomic E-state index is 0.00704. The van der Waals surface area contributed by atoms with Crippen LogP contribution >= 0.6 is 11.3 Å². The molecule has 1 aliphatic rings. The van der Waals surface area contributed by atoms with Crippen molar-refractivity contribution in [2.24, 2.45) is 0 Å². The van der Waals surface area contributed by atoms with Crippen LogP contribution in [0.2, 0.25) is 0 Å². The van der Waals surface area contributed by atoms with E-state index in [1.165, 1.54) is 29.0 Å².